The van der Waals surface area contributed by atoms with Crippen LogP contribution in [0.25, 0.3) is 0 Å². The van der Waals surface area contributed by atoms with E-state index in [0.717, 1.165) is 37.2 Å². The van der Waals surface area contributed by atoms with E-state index in [1.165, 1.54) is 31.9 Å². The first-order valence-electron chi connectivity index (χ1n) is 13.2. The maximum atomic E-state index is 12.8. The fraction of sp³-hybridized carbons (Fsp3) is 0.429. The highest BCUT2D eigenvalue weighted by Gasteiger charge is 2.36. The van der Waals surface area contributed by atoms with Crippen LogP contribution in [-0.2, 0) is 4.57 Å². The van der Waals surface area contributed by atoms with E-state index in [9.17, 15) is 4.57 Å². The van der Waals surface area contributed by atoms with Gasteiger partial charge in [-0.2, -0.15) is 4.98 Å². The molecular weight excluding hydrogens is 554 g/mol. The SMILES string of the molecule is COc1cc(N2CCC3(CCNCC3)CC2)c(Cl)cc1Nc1ncc(Cl)c(Nc2ccccc2P(C)(C)=O)n1. The molecule has 0 unspecified atom stereocenters. The minimum atomic E-state index is -2.52. The number of rotatable bonds is 7. The largest absolute Gasteiger partial charge is 0.494 e. The van der Waals surface area contributed by atoms with Gasteiger partial charge in [-0.3, -0.25) is 0 Å². The Labute approximate surface area is 240 Å². The monoisotopic (exact) mass is 588 g/mol. The van der Waals surface area contributed by atoms with E-state index in [2.05, 4.69) is 30.8 Å². The van der Waals surface area contributed by atoms with Crippen molar-refractivity contribution in [3.63, 3.8) is 0 Å². The Morgan fingerprint density at radius 1 is 1.00 bits per heavy atom. The molecule has 0 radical (unpaired) electrons. The number of anilines is 5. The van der Waals surface area contributed by atoms with Gasteiger partial charge in [0.25, 0.3) is 0 Å². The number of methoxy groups -OCH3 is 1. The number of nitrogens with zero attached hydrogens (tertiary/aromatic N) is 3. The number of benzene rings is 2. The summed E-state index contributed by atoms with van der Waals surface area (Å²) in [6.45, 7) is 7.66. The summed E-state index contributed by atoms with van der Waals surface area (Å²) in [5, 5.41) is 11.6. The van der Waals surface area contributed by atoms with Crippen LogP contribution in [-0.4, -0.2) is 56.6 Å². The smallest absolute Gasteiger partial charge is 0.229 e. The Hall–Kier alpha value is -2.51. The van der Waals surface area contributed by atoms with Gasteiger partial charge < -0.3 is 30.2 Å². The van der Waals surface area contributed by atoms with Gasteiger partial charge in [-0.25, -0.2) is 4.98 Å². The molecule has 0 bridgehead atoms. The van der Waals surface area contributed by atoms with E-state index in [4.69, 9.17) is 27.9 Å². The highest BCUT2D eigenvalue weighted by Crippen LogP contribution is 2.44. The van der Waals surface area contributed by atoms with Crippen LogP contribution in [0.5, 0.6) is 5.75 Å². The molecule has 208 valence electrons. The van der Waals surface area contributed by atoms with Crippen molar-refractivity contribution < 1.29 is 9.30 Å². The number of hydrogen-bond donors (Lipinski definition) is 3. The van der Waals surface area contributed by atoms with E-state index >= 15 is 0 Å². The summed E-state index contributed by atoms with van der Waals surface area (Å²) in [7, 11) is -0.882. The van der Waals surface area contributed by atoms with Crippen molar-refractivity contribution in [2.75, 3.05) is 62.2 Å². The second-order valence-corrected chi connectivity index (χ2v) is 14.7. The molecule has 2 aromatic carbocycles. The van der Waals surface area contributed by atoms with Crippen molar-refractivity contribution >= 4 is 64.5 Å². The third-order valence-electron chi connectivity index (χ3n) is 7.83. The van der Waals surface area contributed by atoms with Gasteiger partial charge in [0.1, 0.15) is 17.9 Å². The van der Waals surface area contributed by atoms with Gasteiger partial charge >= 0.3 is 0 Å². The molecule has 0 amide bonds. The Morgan fingerprint density at radius 2 is 1.72 bits per heavy atom. The van der Waals surface area contributed by atoms with Crippen molar-refractivity contribution in [2.45, 2.75) is 25.7 Å². The molecule has 1 aromatic heterocycles. The average Bonchev–Trinajstić information content (AvgIpc) is 2.92. The highest BCUT2D eigenvalue weighted by atomic mass is 35.5. The standard InChI is InChI=1S/C28H35Cl2N6O2P/c1-38-24-17-23(36-14-10-28(11-15-36)8-12-31-13-9-28)19(29)16-22(24)34-27-32-18-20(30)26(35-27)33-21-6-4-5-7-25(21)39(2,3)37/h4-7,16-18,31H,8-15H2,1-3H3,(H2,32,33,34,35). The molecule has 8 nitrogen and oxygen atoms in total. The fourth-order valence-corrected chi connectivity index (χ4v) is 7.12. The summed E-state index contributed by atoms with van der Waals surface area (Å²) in [5.74, 6) is 1.37. The molecule has 0 aliphatic carbocycles. The summed E-state index contributed by atoms with van der Waals surface area (Å²) in [6.07, 6.45) is 6.37. The van der Waals surface area contributed by atoms with Crippen LogP contribution < -0.4 is 30.9 Å². The number of piperidine rings is 2. The fourth-order valence-electron chi connectivity index (χ4n) is 5.54. The second kappa shape index (κ2) is 11.5. The molecule has 2 fully saturated rings. The van der Waals surface area contributed by atoms with E-state index in [-0.39, 0.29) is 0 Å². The predicted molar refractivity (Wildman–Crippen MR) is 163 cm³/mol. The lowest BCUT2D eigenvalue weighted by atomic mass is 9.71. The highest BCUT2D eigenvalue weighted by molar-refractivity contribution is 7.70. The second-order valence-electron chi connectivity index (χ2n) is 10.7. The van der Waals surface area contributed by atoms with E-state index < -0.39 is 7.14 Å². The van der Waals surface area contributed by atoms with Crippen molar-refractivity contribution in [1.82, 2.24) is 15.3 Å². The molecule has 1 spiro atoms. The van der Waals surface area contributed by atoms with Gasteiger partial charge in [0.05, 0.1) is 35.4 Å². The summed E-state index contributed by atoms with van der Waals surface area (Å²) in [4.78, 5) is 11.3. The van der Waals surface area contributed by atoms with Crippen LogP contribution in [0, 0.1) is 5.41 Å². The van der Waals surface area contributed by atoms with Crippen LogP contribution in [0.3, 0.4) is 0 Å². The molecule has 11 heteroatoms. The zero-order valence-electron chi connectivity index (χ0n) is 22.6. The van der Waals surface area contributed by atoms with Gasteiger partial charge in [-0.15, -0.1) is 0 Å². The molecule has 2 aliphatic rings. The first-order valence-corrected chi connectivity index (χ1v) is 16.6. The van der Waals surface area contributed by atoms with Crippen molar-refractivity contribution in [3.05, 3.63) is 52.6 Å². The lowest BCUT2D eigenvalue weighted by Crippen LogP contribution is -2.45. The zero-order valence-corrected chi connectivity index (χ0v) is 25.0. The quantitative estimate of drug-likeness (QED) is 0.269. The normalized spacial score (nSPS) is 17.2. The van der Waals surface area contributed by atoms with Crippen LogP contribution in [0.4, 0.5) is 28.8 Å². The number of nitrogens with one attached hydrogen (secondary N) is 3. The number of hydrogen-bond acceptors (Lipinski definition) is 8. The molecule has 2 aliphatic heterocycles. The molecule has 39 heavy (non-hydrogen) atoms. The minimum Gasteiger partial charge on any atom is -0.494 e. The summed E-state index contributed by atoms with van der Waals surface area (Å²) in [6, 6.07) is 11.3. The molecule has 3 N–H and O–H groups in total. The Balaban J connectivity index is 1.35. The summed E-state index contributed by atoms with van der Waals surface area (Å²) in [5.41, 5.74) is 2.78. The van der Waals surface area contributed by atoms with E-state index in [1.54, 1.807) is 20.4 Å². The van der Waals surface area contributed by atoms with Crippen LogP contribution in [0.2, 0.25) is 10.0 Å². The van der Waals surface area contributed by atoms with Gasteiger partial charge in [0.15, 0.2) is 5.82 Å². The number of aromatic nitrogens is 2. The Kier molecular flexibility index (Phi) is 8.29. The van der Waals surface area contributed by atoms with E-state index in [1.807, 2.05) is 36.4 Å². The number of ether oxygens (including phenoxy) is 1. The summed E-state index contributed by atoms with van der Waals surface area (Å²) < 4.78 is 18.5. The van der Waals surface area contributed by atoms with Gasteiger partial charge in [0.2, 0.25) is 5.95 Å². The molecule has 3 aromatic rings. The Bertz CT molecular complexity index is 1380. The van der Waals surface area contributed by atoms with Gasteiger partial charge in [0, 0.05) is 24.5 Å². The number of para-hydroxylation sites is 1. The van der Waals surface area contributed by atoms with Crippen molar-refractivity contribution in [2.24, 2.45) is 5.41 Å². The molecule has 3 heterocycles. The minimum absolute atomic E-state index is 0.323. The lowest BCUT2D eigenvalue weighted by Gasteiger charge is -2.45. The first kappa shape index (κ1) is 28.0. The molecule has 2 saturated heterocycles. The maximum absolute atomic E-state index is 12.8. The maximum Gasteiger partial charge on any atom is 0.229 e. The van der Waals surface area contributed by atoms with Crippen molar-refractivity contribution in [3.8, 4) is 5.75 Å². The Morgan fingerprint density at radius 3 is 2.41 bits per heavy atom. The first-order chi connectivity index (χ1) is 18.7. The molecular formula is C28H35Cl2N6O2P. The average molecular weight is 590 g/mol. The predicted octanol–water partition coefficient (Wildman–Crippen LogP) is 6.50. The van der Waals surface area contributed by atoms with Gasteiger partial charge in [-0.05, 0) is 75.7 Å². The van der Waals surface area contributed by atoms with E-state index in [0.29, 0.717) is 44.4 Å². The van der Waals surface area contributed by atoms with Crippen LogP contribution in [0.1, 0.15) is 25.7 Å². The summed E-state index contributed by atoms with van der Waals surface area (Å²) >= 11 is 13.2. The van der Waals surface area contributed by atoms with Crippen LogP contribution in [0.15, 0.2) is 42.6 Å². The topological polar surface area (TPSA) is 91.4 Å². The molecule has 0 saturated carbocycles. The zero-order chi connectivity index (χ0) is 27.6. The molecule has 0 atom stereocenters. The van der Waals surface area contributed by atoms with Crippen LogP contribution >= 0.6 is 30.3 Å². The molecule has 5 rings (SSSR count). The van der Waals surface area contributed by atoms with Crippen molar-refractivity contribution in [1.29, 1.82) is 0 Å². The number of halogens is 2. The third-order valence-corrected chi connectivity index (χ3v) is 9.96. The van der Waals surface area contributed by atoms with Gasteiger partial charge in [-0.1, -0.05) is 35.3 Å². The lowest BCUT2D eigenvalue weighted by molar-refractivity contribution is 0.155. The third kappa shape index (κ3) is 6.30.